The minimum atomic E-state index is -0.350. The second kappa shape index (κ2) is 9.03. The van der Waals surface area contributed by atoms with Crippen molar-refractivity contribution in [3.05, 3.63) is 30.3 Å². The van der Waals surface area contributed by atoms with Crippen molar-refractivity contribution in [3.63, 3.8) is 0 Å². The van der Waals surface area contributed by atoms with Crippen LogP contribution in [0.2, 0.25) is 0 Å². The Labute approximate surface area is 155 Å². The van der Waals surface area contributed by atoms with E-state index in [1.807, 2.05) is 25.1 Å². The van der Waals surface area contributed by atoms with E-state index < -0.39 is 0 Å². The van der Waals surface area contributed by atoms with Gasteiger partial charge in [-0.3, -0.25) is 15.0 Å². The highest BCUT2D eigenvalue weighted by Gasteiger charge is 2.27. The van der Waals surface area contributed by atoms with Crippen molar-refractivity contribution in [1.29, 1.82) is 0 Å². The predicted octanol–water partition coefficient (Wildman–Crippen LogP) is 2.36. The minimum Gasteiger partial charge on any atom is -0.369 e. The van der Waals surface area contributed by atoms with Crippen LogP contribution in [-0.2, 0) is 4.79 Å². The number of urea groups is 1. The fraction of sp³-hybridized carbons (Fsp3) is 0.600. The fourth-order valence-corrected chi connectivity index (χ4v) is 3.86. The van der Waals surface area contributed by atoms with E-state index in [4.69, 9.17) is 0 Å². The summed E-state index contributed by atoms with van der Waals surface area (Å²) >= 11 is 0. The van der Waals surface area contributed by atoms with E-state index in [-0.39, 0.29) is 24.0 Å². The first-order chi connectivity index (χ1) is 12.6. The standard InChI is InChI=1S/C20H30N4O2/c1-16(19(25)22-20(26)21-17-8-4-2-5-9-17)23-12-14-24(15-13-23)18-10-6-3-7-11-18/h3,6-7,10-11,16-17H,2,4-5,8-9,12-15H2,1H3,(H2,21,22,25,26)/t16-/m1/s1. The average Bonchev–Trinajstić information content (AvgIpc) is 2.69. The van der Waals surface area contributed by atoms with Crippen molar-refractivity contribution in [2.75, 3.05) is 31.1 Å². The Kier molecular flexibility index (Phi) is 6.50. The molecule has 2 N–H and O–H groups in total. The van der Waals surface area contributed by atoms with Gasteiger partial charge < -0.3 is 10.2 Å². The number of nitrogens with zero attached hydrogens (tertiary/aromatic N) is 2. The van der Waals surface area contributed by atoms with Crippen LogP contribution in [0.3, 0.4) is 0 Å². The summed E-state index contributed by atoms with van der Waals surface area (Å²) in [5.41, 5.74) is 1.22. The summed E-state index contributed by atoms with van der Waals surface area (Å²) in [5.74, 6) is -0.216. The Morgan fingerprint density at radius 1 is 1.00 bits per heavy atom. The minimum absolute atomic E-state index is 0.210. The van der Waals surface area contributed by atoms with Crippen molar-refractivity contribution in [2.24, 2.45) is 0 Å². The van der Waals surface area contributed by atoms with Gasteiger partial charge in [-0.25, -0.2) is 4.79 Å². The van der Waals surface area contributed by atoms with Crippen LogP contribution < -0.4 is 15.5 Å². The molecule has 1 saturated heterocycles. The van der Waals surface area contributed by atoms with E-state index in [2.05, 4.69) is 32.6 Å². The van der Waals surface area contributed by atoms with Crippen LogP contribution in [0.1, 0.15) is 39.0 Å². The van der Waals surface area contributed by atoms with Gasteiger partial charge in [-0.05, 0) is 31.9 Å². The van der Waals surface area contributed by atoms with E-state index in [1.54, 1.807) is 0 Å². The molecule has 1 saturated carbocycles. The van der Waals surface area contributed by atoms with Crippen LogP contribution in [0.4, 0.5) is 10.5 Å². The third-order valence-electron chi connectivity index (χ3n) is 5.54. The van der Waals surface area contributed by atoms with Crippen molar-refractivity contribution in [3.8, 4) is 0 Å². The molecular weight excluding hydrogens is 328 g/mol. The summed E-state index contributed by atoms with van der Waals surface area (Å²) in [7, 11) is 0. The Hall–Kier alpha value is -2.08. The first kappa shape index (κ1) is 18.7. The van der Waals surface area contributed by atoms with Gasteiger partial charge in [0.1, 0.15) is 0 Å². The molecule has 2 fully saturated rings. The Balaban J connectivity index is 1.43. The Bertz CT molecular complexity index is 593. The number of carbonyl (C=O) groups excluding carboxylic acids is 2. The first-order valence-corrected chi connectivity index (χ1v) is 9.79. The monoisotopic (exact) mass is 358 g/mol. The molecule has 1 aliphatic carbocycles. The third-order valence-corrected chi connectivity index (χ3v) is 5.54. The largest absolute Gasteiger partial charge is 0.369 e. The molecule has 3 rings (SSSR count). The maximum Gasteiger partial charge on any atom is 0.321 e. The SMILES string of the molecule is C[C@H](C(=O)NC(=O)NC1CCCCC1)N1CCN(c2ccccc2)CC1. The van der Waals surface area contributed by atoms with Gasteiger partial charge in [-0.1, -0.05) is 37.5 Å². The number of benzene rings is 1. The van der Waals surface area contributed by atoms with E-state index in [9.17, 15) is 9.59 Å². The highest BCUT2D eigenvalue weighted by atomic mass is 16.2. The van der Waals surface area contributed by atoms with Gasteiger partial charge in [0.05, 0.1) is 6.04 Å². The van der Waals surface area contributed by atoms with Crippen LogP contribution in [0, 0.1) is 0 Å². The average molecular weight is 358 g/mol. The molecule has 0 spiro atoms. The molecule has 1 aliphatic heterocycles. The molecule has 0 radical (unpaired) electrons. The highest BCUT2D eigenvalue weighted by Crippen LogP contribution is 2.18. The smallest absolute Gasteiger partial charge is 0.321 e. The lowest BCUT2D eigenvalue weighted by atomic mass is 9.96. The van der Waals surface area contributed by atoms with E-state index >= 15 is 0 Å². The number of carbonyl (C=O) groups is 2. The molecule has 0 bridgehead atoms. The van der Waals surface area contributed by atoms with Crippen molar-refractivity contribution < 1.29 is 9.59 Å². The van der Waals surface area contributed by atoms with Crippen molar-refractivity contribution in [1.82, 2.24) is 15.5 Å². The Morgan fingerprint density at radius 2 is 1.65 bits per heavy atom. The van der Waals surface area contributed by atoms with Crippen LogP contribution in [0.5, 0.6) is 0 Å². The second-order valence-electron chi connectivity index (χ2n) is 7.33. The van der Waals surface area contributed by atoms with Crippen LogP contribution in [-0.4, -0.2) is 55.1 Å². The number of nitrogens with one attached hydrogen (secondary N) is 2. The molecular formula is C20H30N4O2. The Morgan fingerprint density at radius 3 is 2.31 bits per heavy atom. The highest BCUT2D eigenvalue weighted by molar-refractivity contribution is 5.96. The van der Waals surface area contributed by atoms with Gasteiger partial charge in [-0.15, -0.1) is 0 Å². The number of piperazine rings is 1. The fourth-order valence-electron chi connectivity index (χ4n) is 3.86. The topological polar surface area (TPSA) is 64.7 Å². The van der Waals surface area contributed by atoms with E-state index in [0.29, 0.717) is 0 Å². The molecule has 142 valence electrons. The van der Waals surface area contributed by atoms with Crippen molar-refractivity contribution in [2.45, 2.75) is 51.1 Å². The van der Waals surface area contributed by atoms with Gasteiger partial charge in [-0.2, -0.15) is 0 Å². The number of rotatable bonds is 4. The van der Waals surface area contributed by atoms with Gasteiger partial charge in [0, 0.05) is 37.9 Å². The van der Waals surface area contributed by atoms with Crippen LogP contribution in [0.15, 0.2) is 30.3 Å². The molecule has 1 aromatic rings. The lowest BCUT2D eigenvalue weighted by Crippen LogP contribution is -2.56. The summed E-state index contributed by atoms with van der Waals surface area (Å²) in [6.07, 6.45) is 5.57. The molecule has 0 unspecified atom stereocenters. The second-order valence-corrected chi connectivity index (χ2v) is 7.33. The number of hydrogen-bond donors (Lipinski definition) is 2. The number of amides is 3. The lowest BCUT2D eigenvalue weighted by molar-refractivity contribution is -0.124. The number of para-hydroxylation sites is 1. The molecule has 1 aromatic carbocycles. The predicted molar refractivity (Wildman–Crippen MR) is 103 cm³/mol. The quantitative estimate of drug-likeness (QED) is 0.867. The third kappa shape index (κ3) is 4.97. The number of imide groups is 1. The summed E-state index contributed by atoms with van der Waals surface area (Å²) in [6, 6.07) is 9.89. The molecule has 2 aliphatic rings. The zero-order chi connectivity index (χ0) is 18.4. The van der Waals surface area contributed by atoms with Gasteiger partial charge in [0.25, 0.3) is 0 Å². The maximum absolute atomic E-state index is 12.4. The van der Waals surface area contributed by atoms with Gasteiger partial charge >= 0.3 is 6.03 Å². The van der Waals surface area contributed by atoms with Crippen LogP contribution >= 0.6 is 0 Å². The molecule has 26 heavy (non-hydrogen) atoms. The zero-order valence-electron chi connectivity index (χ0n) is 15.6. The summed E-state index contributed by atoms with van der Waals surface area (Å²) < 4.78 is 0. The maximum atomic E-state index is 12.4. The molecule has 3 amide bonds. The zero-order valence-corrected chi connectivity index (χ0v) is 15.6. The number of hydrogen-bond acceptors (Lipinski definition) is 4. The van der Waals surface area contributed by atoms with Crippen molar-refractivity contribution >= 4 is 17.6 Å². The normalized spacial score (nSPS) is 20.4. The van der Waals surface area contributed by atoms with Crippen LogP contribution in [0.25, 0.3) is 0 Å². The van der Waals surface area contributed by atoms with E-state index in [1.165, 1.54) is 12.1 Å². The summed E-state index contributed by atoms with van der Waals surface area (Å²) in [4.78, 5) is 29.0. The van der Waals surface area contributed by atoms with Gasteiger partial charge in [0.2, 0.25) is 5.91 Å². The molecule has 1 heterocycles. The van der Waals surface area contributed by atoms with Gasteiger partial charge in [0.15, 0.2) is 0 Å². The first-order valence-electron chi connectivity index (χ1n) is 9.79. The molecule has 0 aromatic heterocycles. The summed E-state index contributed by atoms with van der Waals surface area (Å²) in [5, 5.41) is 5.46. The molecule has 1 atom stereocenters. The lowest BCUT2D eigenvalue weighted by Gasteiger charge is -2.38. The number of anilines is 1. The summed E-state index contributed by atoms with van der Waals surface area (Å²) in [6.45, 7) is 5.27. The van der Waals surface area contributed by atoms with E-state index in [0.717, 1.165) is 51.9 Å². The molecule has 6 nitrogen and oxygen atoms in total. The molecule has 6 heteroatoms.